The van der Waals surface area contributed by atoms with Crippen LogP contribution in [0.5, 0.6) is 0 Å². The summed E-state index contributed by atoms with van der Waals surface area (Å²) in [6.07, 6.45) is 13.2. The molecule has 0 aromatic heterocycles. The maximum absolute atomic E-state index is 12.1. The monoisotopic (exact) mass is 428 g/mol. The average Bonchev–Trinajstić information content (AvgIpc) is 2.67. The highest BCUT2D eigenvalue weighted by Crippen LogP contribution is 2.23. The molecule has 0 amide bonds. The Morgan fingerprint density at radius 1 is 1.00 bits per heavy atom. The Morgan fingerprint density at radius 2 is 1.65 bits per heavy atom. The lowest BCUT2D eigenvalue weighted by Crippen LogP contribution is -2.39. The fourth-order valence-electron chi connectivity index (χ4n) is 3.49. The quantitative estimate of drug-likeness (QED) is 0.308. The highest BCUT2D eigenvalue weighted by Gasteiger charge is 2.29. The van der Waals surface area contributed by atoms with Crippen LogP contribution >= 0.6 is 0 Å². The van der Waals surface area contributed by atoms with Crippen LogP contribution < -0.4 is 0 Å². The fourth-order valence-corrected chi connectivity index (χ4v) is 3.49. The van der Waals surface area contributed by atoms with Crippen molar-refractivity contribution in [3.05, 3.63) is 58.2 Å². The molecule has 0 aromatic carbocycles. The summed E-state index contributed by atoms with van der Waals surface area (Å²) >= 11 is 0. The Morgan fingerprint density at radius 3 is 2.29 bits per heavy atom. The van der Waals surface area contributed by atoms with Gasteiger partial charge in [-0.2, -0.15) is 0 Å². The third-order valence-corrected chi connectivity index (χ3v) is 5.76. The minimum absolute atomic E-state index is 0.0466. The van der Waals surface area contributed by atoms with Crippen LogP contribution in [0.1, 0.15) is 86.5 Å². The van der Waals surface area contributed by atoms with Crippen LogP contribution in [0.3, 0.4) is 0 Å². The third-order valence-electron chi connectivity index (χ3n) is 5.76. The van der Waals surface area contributed by atoms with Gasteiger partial charge in [-0.3, -0.25) is 9.59 Å². The molecule has 0 aliphatic heterocycles. The van der Waals surface area contributed by atoms with Crippen LogP contribution in [0.2, 0.25) is 0 Å². The van der Waals surface area contributed by atoms with Crippen LogP contribution in [0, 0.1) is 0 Å². The lowest BCUT2D eigenvalue weighted by Gasteiger charge is -2.29. The molecule has 0 saturated heterocycles. The number of Topliss-reactive ketones (excluding diaryl/α,β-unsaturated/α-hetero) is 1. The molecule has 0 fully saturated rings. The molecule has 2 N–H and O–H groups in total. The largest absolute Gasteiger partial charge is 0.390 e. The van der Waals surface area contributed by atoms with E-state index in [1.807, 2.05) is 26.8 Å². The fraction of sp³-hybridized carbons (Fsp3) is 0.556. The maximum atomic E-state index is 12.1. The van der Waals surface area contributed by atoms with Crippen molar-refractivity contribution in [3.63, 3.8) is 0 Å². The first-order chi connectivity index (χ1) is 14.4. The molecule has 0 radical (unpaired) electrons. The Balaban J connectivity index is 2.43. The normalized spacial score (nSPS) is 18.3. The molecular formula is C27H40O4. The number of allylic oxidation sites excluding steroid dienone is 10. The van der Waals surface area contributed by atoms with Crippen molar-refractivity contribution in [1.29, 1.82) is 0 Å². The number of hydrogen-bond donors (Lipinski definition) is 2. The van der Waals surface area contributed by atoms with Gasteiger partial charge >= 0.3 is 0 Å². The van der Waals surface area contributed by atoms with E-state index >= 15 is 0 Å². The first kappa shape index (κ1) is 27.0. The summed E-state index contributed by atoms with van der Waals surface area (Å²) in [7, 11) is 0. The number of aliphatic hydroxyl groups excluding tert-OH is 1. The topological polar surface area (TPSA) is 74.6 Å². The van der Waals surface area contributed by atoms with Gasteiger partial charge in [0.2, 0.25) is 0 Å². The van der Waals surface area contributed by atoms with E-state index in [1.165, 1.54) is 28.9 Å². The van der Waals surface area contributed by atoms with Crippen LogP contribution in [-0.2, 0) is 9.59 Å². The van der Waals surface area contributed by atoms with Crippen molar-refractivity contribution >= 4 is 11.6 Å². The molecule has 172 valence electrons. The average molecular weight is 429 g/mol. The van der Waals surface area contributed by atoms with Crippen molar-refractivity contribution in [2.75, 3.05) is 0 Å². The van der Waals surface area contributed by atoms with E-state index in [2.05, 4.69) is 19.1 Å². The molecular weight excluding hydrogens is 388 g/mol. The third kappa shape index (κ3) is 10.2. The van der Waals surface area contributed by atoms with Crippen LogP contribution in [0.25, 0.3) is 0 Å². The van der Waals surface area contributed by atoms with Gasteiger partial charge in [-0.25, -0.2) is 0 Å². The highest BCUT2D eigenvalue weighted by atomic mass is 16.3. The molecule has 4 heteroatoms. The van der Waals surface area contributed by atoms with E-state index in [0.29, 0.717) is 30.4 Å². The molecule has 1 aliphatic rings. The zero-order valence-electron chi connectivity index (χ0n) is 20.1. The molecule has 0 saturated carbocycles. The zero-order valence-corrected chi connectivity index (χ0v) is 20.1. The minimum Gasteiger partial charge on any atom is -0.390 e. The molecule has 0 aromatic rings. The summed E-state index contributed by atoms with van der Waals surface area (Å²) in [6.45, 7) is 11.5. The van der Waals surface area contributed by atoms with Crippen LogP contribution in [0.15, 0.2) is 58.2 Å². The molecule has 0 heterocycles. The van der Waals surface area contributed by atoms with Crippen molar-refractivity contribution in [3.8, 4) is 0 Å². The lowest BCUT2D eigenvalue weighted by atomic mass is 9.89. The Bertz CT molecular complexity index is 799. The van der Waals surface area contributed by atoms with Crippen molar-refractivity contribution < 1.29 is 19.8 Å². The first-order valence-electron chi connectivity index (χ1n) is 11.2. The van der Waals surface area contributed by atoms with E-state index in [-0.39, 0.29) is 11.6 Å². The number of rotatable bonds is 12. The first-order valence-corrected chi connectivity index (χ1v) is 11.2. The van der Waals surface area contributed by atoms with Gasteiger partial charge in [0.25, 0.3) is 0 Å². The molecule has 4 nitrogen and oxygen atoms in total. The second-order valence-corrected chi connectivity index (χ2v) is 9.30. The van der Waals surface area contributed by atoms with Crippen molar-refractivity contribution in [1.82, 2.24) is 0 Å². The minimum atomic E-state index is -1.08. The summed E-state index contributed by atoms with van der Waals surface area (Å²) in [5.74, 6) is -0.162. The predicted molar refractivity (Wildman–Crippen MR) is 128 cm³/mol. The van der Waals surface area contributed by atoms with Crippen molar-refractivity contribution in [2.45, 2.75) is 98.2 Å². The molecule has 2 atom stereocenters. The van der Waals surface area contributed by atoms with E-state index in [4.69, 9.17) is 0 Å². The van der Waals surface area contributed by atoms with Gasteiger partial charge < -0.3 is 10.2 Å². The van der Waals surface area contributed by atoms with Gasteiger partial charge in [-0.05, 0) is 98.6 Å². The summed E-state index contributed by atoms with van der Waals surface area (Å²) in [4.78, 5) is 23.7. The van der Waals surface area contributed by atoms with Gasteiger partial charge in [0, 0.05) is 11.1 Å². The number of hydrogen-bond acceptors (Lipinski definition) is 4. The molecule has 1 rings (SSSR count). The number of ketones is 2. The smallest absolute Gasteiger partial charge is 0.185 e. The summed E-state index contributed by atoms with van der Waals surface area (Å²) in [6, 6.07) is 0. The molecule has 1 aliphatic carbocycles. The van der Waals surface area contributed by atoms with Gasteiger partial charge in [0.05, 0.1) is 11.7 Å². The van der Waals surface area contributed by atoms with Gasteiger partial charge in [-0.15, -0.1) is 0 Å². The Hall–Kier alpha value is -2.04. The number of carbonyl (C=O) groups excluding carboxylic acids is 2. The van der Waals surface area contributed by atoms with Gasteiger partial charge in [0.15, 0.2) is 11.6 Å². The summed E-state index contributed by atoms with van der Waals surface area (Å²) < 4.78 is 0. The molecule has 0 unspecified atom stereocenters. The molecule has 0 spiro atoms. The van der Waals surface area contributed by atoms with Crippen LogP contribution in [0.4, 0.5) is 0 Å². The summed E-state index contributed by atoms with van der Waals surface area (Å²) in [5, 5.41) is 20.9. The van der Waals surface area contributed by atoms with Crippen molar-refractivity contribution in [2.24, 2.45) is 0 Å². The van der Waals surface area contributed by atoms with E-state index in [1.54, 1.807) is 13.8 Å². The summed E-state index contributed by atoms with van der Waals surface area (Å²) in [5.41, 5.74) is 3.58. The number of carbonyl (C=O) groups is 2. The van der Waals surface area contributed by atoms with E-state index < -0.39 is 11.7 Å². The van der Waals surface area contributed by atoms with Gasteiger partial charge in [0.1, 0.15) is 0 Å². The molecule has 0 bridgehead atoms. The zero-order chi connectivity index (χ0) is 23.6. The second-order valence-electron chi connectivity index (χ2n) is 9.30. The predicted octanol–water partition coefficient (Wildman–Crippen LogP) is 5.71. The Kier molecular flexibility index (Phi) is 11.1. The lowest BCUT2D eigenvalue weighted by molar-refractivity contribution is -0.115. The van der Waals surface area contributed by atoms with Crippen LogP contribution in [-0.4, -0.2) is 33.5 Å². The SMILES string of the molecule is CC(C)=CCC[C@@](C)(O)[C@@H](O)CC/C(C)=C/CC/C(C)=C/CC1=CC(=O)C=C(C)C1=O. The molecule has 31 heavy (non-hydrogen) atoms. The second kappa shape index (κ2) is 12.7. The standard InChI is InChI=1S/C27H40O4/c1-19(2)9-8-16-27(6,31)25(29)15-13-21(4)11-7-10-20(3)12-14-23-18-24(28)17-22(5)26(23)30/h9,11-12,17-18,25,29,31H,7-8,10,13-16H2,1-6H3/b20-12+,21-11+/t25-,27+/m0/s1. The van der Waals surface area contributed by atoms with Gasteiger partial charge in [-0.1, -0.05) is 34.9 Å². The number of aliphatic hydroxyl groups is 2. The Labute approximate surface area is 188 Å². The maximum Gasteiger partial charge on any atom is 0.185 e. The van der Waals surface area contributed by atoms with E-state index in [9.17, 15) is 19.8 Å². The van der Waals surface area contributed by atoms with E-state index in [0.717, 1.165) is 25.7 Å². The highest BCUT2D eigenvalue weighted by molar-refractivity contribution is 6.20.